The van der Waals surface area contributed by atoms with Gasteiger partial charge in [0.15, 0.2) is 0 Å². The van der Waals surface area contributed by atoms with Gasteiger partial charge in [0.1, 0.15) is 11.5 Å². The smallest absolute Gasteiger partial charge is 0.271 e. The Labute approximate surface area is 143 Å². The van der Waals surface area contributed by atoms with Crippen molar-refractivity contribution < 1.29 is 19.6 Å². The van der Waals surface area contributed by atoms with Gasteiger partial charge in [-0.1, -0.05) is 6.92 Å². The number of hydrazone groups is 1. The van der Waals surface area contributed by atoms with Crippen molar-refractivity contribution in [3.05, 3.63) is 63.7 Å². The Kier molecular flexibility index (Phi) is 6.05. The Morgan fingerprint density at radius 3 is 2.68 bits per heavy atom. The molecular formula is C17H17N3O5. The molecule has 2 aromatic carbocycles. The Hall–Kier alpha value is -3.42. The summed E-state index contributed by atoms with van der Waals surface area (Å²) < 4.78 is 5.43. The first-order valence-electron chi connectivity index (χ1n) is 7.55. The van der Waals surface area contributed by atoms with Crippen molar-refractivity contribution in [2.24, 2.45) is 5.10 Å². The SMILES string of the molecule is CCCOc1ccc(C(=O)N/N=C/c2cc([N+](=O)[O-])ccc2O)cc1. The van der Waals surface area contributed by atoms with Crippen LogP contribution in [0.2, 0.25) is 0 Å². The van der Waals surface area contributed by atoms with Gasteiger partial charge in [-0.05, 0) is 36.8 Å². The van der Waals surface area contributed by atoms with E-state index >= 15 is 0 Å². The fourth-order valence-electron chi connectivity index (χ4n) is 1.91. The summed E-state index contributed by atoms with van der Waals surface area (Å²) in [6.07, 6.45) is 2.03. The van der Waals surface area contributed by atoms with E-state index in [1.807, 2.05) is 6.92 Å². The van der Waals surface area contributed by atoms with Gasteiger partial charge < -0.3 is 9.84 Å². The van der Waals surface area contributed by atoms with E-state index in [-0.39, 0.29) is 17.0 Å². The molecule has 1 amide bonds. The van der Waals surface area contributed by atoms with E-state index in [0.717, 1.165) is 18.7 Å². The maximum Gasteiger partial charge on any atom is 0.271 e. The van der Waals surface area contributed by atoms with Crippen LogP contribution < -0.4 is 10.2 Å². The fourth-order valence-corrected chi connectivity index (χ4v) is 1.91. The lowest BCUT2D eigenvalue weighted by molar-refractivity contribution is -0.384. The Balaban J connectivity index is 2.00. The summed E-state index contributed by atoms with van der Waals surface area (Å²) >= 11 is 0. The second-order valence-corrected chi connectivity index (χ2v) is 5.07. The van der Waals surface area contributed by atoms with E-state index in [4.69, 9.17) is 4.74 Å². The van der Waals surface area contributed by atoms with Crippen molar-refractivity contribution in [3.63, 3.8) is 0 Å². The van der Waals surface area contributed by atoms with E-state index < -0.39 is 10.8 Å². The number of nitrogens with one attached hydrogen (secondary N) is 1. The number of hydrogen-bond acceptors (Lipinski definition) is 6. The zero-order valence-corrected chi connectivity index (χ0v) is 13.5. The third-order valence-corrected chi connectivity index (χ3v) is 3.18. The van der Waals surface area contributed by atoms with Crippen LogP contribution in [0, 0.1) is 10.1 Å². The lowest BCUT2D eigenvalue weighted by atomic mass is 10.2. The standard InChI is InChI=1S/C17H17N3O5/c1-2-9-25-15-6-3-12(4-7-15)17(22)19-18-11-13-10-14(20(23)24)5-8-16(13)21/h3-8,10-11,21H,2,9H2,1H3,(H,19,22)/b18-11+. The number of phenolic OH excluding ortho intramolecular Hbond substituents is 1. The topological polar surface area (TPSA) is 114 Å². The molecule has 0 unspecified atom stereocenters. The summed E-state index contributed by atoms with van der Waals surface area (Å²) in [5, 5.41) is 24.1. The second-order valence-electron chi connectivity index (χ2n) is 5.07. The van der Waals surface area contributed by atoms with Gasteiger partial charge in [-0.25, -0.2) is 5.43 Å². The van der Waals surface area contributed by atoms with Crippen molar-refractivity contribution in [1.29, 1.82) is 0 Å². The first-order valence-corrected chi connectivity index (χ1v) is 7.55. The number of hydrogen-bond donors (Lipinski definition) is 2. The quantitative estimate of drug-likeness (QED) is 0.456. The number of rotatable bonds is 7. The lowest BCUT2D eigenvalue weighted by Crippen LogP contribution is -2.17. The first kappa shape index (κ1) is 17.9. The van der Waals surface area contributed by atoms with Gasteiger partial charge in [-0.15, -0.1) is 0 Å². The number of nitro benzene ring substituents is 1. The molecule has 2 aromatic rings. The number of nitrogens with zero attached hydrogens (tertiary/aromatic N) is 2. The van der Waals surface area contributed by atoms with Crippen molar-refractivity contribution in [3.8, 4) is 11.5 Å². The number of non-ortho nitro benzene ring substituents is 1. The van der Waals surface area contributed by atoms with E-state index in [0.29, 0.717) is 17.9 Å². The molecule has 0 aliphatic heterocycles. The highest BCUT2D eigenvalue weighted by molar-refractivity contribution is 5.95. The van der Waals surface area contributed by atoms with Crippen LogP contribution in [0.5, 0.6) is 11.5 Å². The summed E-state index contributed by atoms with van der Waals surface area (Å²) in [6, 6.07) is 10.1. The van der Waals surface area contributed by atoms with Gasteiger partial charge in [0.05, 0.1) is 17.7 Å². The van der Waals surface area contributed by atoms with Gasteiger partial charge in [-0.3, -0.25) is 14.9 Å². The predicted octanol–water partition coefficient (Wildman–Crippen LogP) is 2.85. The molecule has 0 saturated carbocycles. The normalized spacial score (nSPS) is 10.6. The molecule has 0 aliphatic rings. The maximum absolute atomic E-state index is 12.0. The average molecular weight is 343 g/mol. The number of phenols is 1. The monoisotopic (exact) mass is 343 g/mol. The highest BCUT2D eigenvalue weighted by Crippen LogP contribution is 2.21. The average Bonchev–Trinajstić information content (AvgIpc) is 2.61. The molecule has 130 valence electrons. The van der Waals surface area contributed by atoms with Crippen LogP contribution in [-0.4, -0.2) is 28.8 Å². The molecule has 0 radical (unpaired) electrons. The molecular weight excluding hydrogens is 326 g/mol. The Morgan fingerprint density at radius 2 is 2.04 bits per heavy atom. The summed E-state index contributed by atoms with van der Waals surface area (Å²) in [6.45, 7) is 2.60. The number of ether oxygens (including phenoxy) is 1. The van der Waals surface area contributed by atoms with Gasteiger partial charge in [-0.2, -0.15) is 5.10 Å². The summed E-state index contributed by atoms with van der Waals surface area (Å²) in [5.74, 6) is 0.0349. The number of carbonyl (C=O) groups is 1. The van der Waals surface area contributed by atoms with E-state index in [1.54, 1.807) is 24.3 Å². The minimum atomic E-state index is -0.586. The Bertz CT molecular complexity index is 787. The van der Waals surface area contributed by atoms with Crippen molar-refractivity contribution in [1.82, 2.24) is 5.43 Å². The molecule has 0 atom stereocenters. The number of nitro groups is 1. The molecule has 8 nitrogen and oxygen atoms in total. The van der Waals surface area contributed by atoms with Crippen molar-refractivity contribution in [2.75, 3.05) is 6.61 Å². The Morgan fingerprint density at radius 1 is 1.32 bits per heavy atom. The predicted molar refractivity (Wildman–Crippen MR) is 92.0 cm³/mol. The van der Waals surface area contributed by atoms with Crippen LogP contribution in [-0.2, 0) is 0 Å². The minimum absolute atomic E-state index is 0.123. The molecule has 0 fully saturated rings. The van der Waals surface area contributed by atoms with E-state index in [2.05, 4.69) is 10.5 Å². The molecule has 0 saturated heterocycles. The van der Waals surface area contributed by atoms with Crippen LogP contribution >= 0.6 is 0 Å². The summed E-state index contributed by atoms with van der Waals surface area (Å²) in [7, 11) is 0. The van der Waals surface area contributed by atoms with Crippen molar-refractivity contribution >= 4 is 17.8 Å². The molecule has 2 N–H and O–H groups in total. The summed E-state index contributed by atoms with van der Waals surface area (Å²) in [4.78, 5) is 22.1. The molecule has 2 rings (SSSR count). The molecule has 25 heavy (non-hydrogen) atoms. The number of aromatic hydroxyl groups is 1. The van der Waals surface area contributed by atoms with Gasteiger partial charge in [0.2, 0.25) is 0 Å². The first-order chi connectivity index (χ1) is 12.0. The third kappa shape index (κ3) is 5.03. The van der Waals surface area contributed by atoms with Gasteiger partial charge >= 0.3 is 0 Å². The number of benzene rings is 2. The number of amides is 1. The molecule has 8 heteroatoms. The van der Waals surface area contributed by atoms with E-state index in [1.165, 1.54) is 12.1 Å². The number of carbonyl (C=O) groups excluding carboxylic acids is 1. The van der Waals surface area contributed by atoms with Crippen LogP contribution in [0.3, 0.4) is 0 Å². The molecule has 0 aromatic heterocycles. The highest BCUT2D eigenvalue weighted by atomic mass is 16.6. The van der Waals surface area contributed by atoms with E-state index in [9.17, 15) is 20.0 Å². The molecule has 0 bridgehead atoms. The molecule has 0 aliphatic carbocycles. The van der Waals surface area contributed by atoms with Crippen molar-refractivity contribution in [2.45, 2.75) is 13.3 Å². The fraction of sp³-hybridized carbons (Fsp3) is 0.176. The zero-order valence-electron chi connectivity index (χ0n) is 13.5. The lowest BCUT2D eigenvalue weighted by Gasteiger charge is -2.05. The van der Waals surface area contributed by atoms with Crippen LogP contribution in [0.25, 0.3) is 0 Å². The van der Waals surface area contributed by atoms with Crippen LogP contribution in [0.4, 0.5) is 5.69 Å². The third-order valence-electron chi connectivity index (χ3n) is 3.18. The van der Waals surface area contributed by atoms with Gasteiger partial charge in [0.25, 0.3) is 11.6 Å². The minimum Gasteiger partial charge on any atom is -0.507 e. The summed E-state index contributed by atoms with van der Waals surface area (Å²) in [5.41, 5.74) is 2.61. The van der Waals surface area contributed by atoms with Crippen LogP contribution in [0.15, 0.2) is 47.6 Å². The van der Waals surface area contributed by atoms with Crippen LogP contribution in [0.1, 0.15) is 29.3 Å². The van der Waals surface area contributed by atoms with Gasteiger partial charge in [0, 0.05) is 23.3 Å². The zero-order chi connectivity index (χ0) is 18.2. The molecule has 0 heterocycles. The largest absolute Gasteiger partial charge is 0.507 e. The maximum atomic E-state index is 12.0. The highest BCUT2D eigenvalue weighted by Gasteiger charge is 2.09. The molecule has 0 spiro atoms. The second kappa shape index (κ2) is 8.44.